The van der Waals surface area contributed by atoms with Crippen molar-refractivity contribution in [3.05, 3.63) is 95.5 Å². The fourth-order valence-electron chi connectivity index (χ4n) is 5.76. The molecule has 1 aliphatic heterocycles. The predicted octanol–water partition coefficient (Wildman–Crippen LogP) is 3.85. The first-order valence-electron chi connectivity index (χ1n) is 15.2. The molecule has 0 bridgehead atoms. The summed E-state index contributed by atoms with van der Waals surface area (Å²) in [5.74, 6) is -0.996. The third-order valence-electron chi connectivity index (χ3n) is 8.31. The number of aromatic nitrogens is 8. The second kappa shape index (κ2) is 14.0. The van der Waals surface area contributed by atoms with Crippen LogP contribution in [0.25, 0.3) is 27.9 Å². The van der Waals surface area contributed by atoms with Gasteiger partial charge < -0.3 is 15.0 Å². The fraction of sp³-hybridized carbons (Fsp3) is 0.312. The zero-order valence-electron chi connectivity index (χ0n) is 25.6. The number of halogens is 2. The molecule has 1 atom stereocenters. The van der Waals surface area contributed by atoms with Crippen LogP contribution in [0.3, 0.4) is 0 Å². The average molecular weight is 659 g/mol. The Hall–Kier alpha value is -5.24. The number of carbonyl (C=O) groups excluding carboxylic acids is 2. The van der Waals surface area contributed by atoms with E-state index in [0.29, 0.717) is 10.4 Å². The smallest absolute Gasteiger partial charge is 0.223 e. The van der Waals surface area contributed by atoms with E-state index in [9.17, 15) is 14.8 Å². The molecule has 1 fully saturated rings. The third-order valence-corrected chi connectivity index (χ3v) is 8.60. The molecular weight excluding hydrogens is 627 g/mol. The van der Waals surface area contributed by atoms with Gasteiger partial charge >= 0.3 is 0 Å². The number of tetrazole rings is 1. The maximum absolute atomic E-state index is 15.5. The van der Waals surface area contributed by atoms with Crippen LogP contribution in [0.4, 0.5) is 4.39 Å². The number of hydrogen-bond donors (Lipinski definition) is 0. The molecular formula is C32H32ClFN10O3. The molecule has 0 aliphatic carbocycles. The molecule has 0 saturated carbocycles. The SMILES string of the molecule is CN(CC(c1ccc(-c2c(-n3cnnn3)ccc(Cl)c2F)c[n+]1[O-])n1cc(-c2ccncc2)cn1)C(=O)CCC(=O)N1CCCCC1. The van der Waals surface area contributed by atoms with E-state index in [2.05, 4.69) is 25.6 Å². The Morgan fingerprint density at radius 3 is 2.55 bits per heavy atom. The van der Waals surface area contributed by atoms with Crippen molar-refractivity contribution < 1.29 is 18.7 Å². The monoisotopic (exact) mass is 658 g/mol. The van der Waals surface area contributed by atoms with E-state index in [1.807, 2.05) is 17.0 Å². The Bertz CT molecular complexity index is 1860. The molecule has 1 saturated heterocycles. The Balaban J connectivity index is 1.30. The lowest BCUT2D eigenvalue weighted by atomic mass is 10.0. The van der Waals surface area contributed by atoms with Crippen LogP contribution in [-0.2, 0) is 9.59 Å². The zero-order valence-corrected chi connectivity index (χ0v) is 26.4. The molecule has 0 radical (unpaired) electrons. The van der Waals surface area contributed by atoms with Gasteiger partial charge in [-0.25, -0.2) is 4.39 Å². The first-order valence-corrected chi connectivity index (χ1v) is 15.6. The maximum atomic E-state index is 15.5. The van der Waals surface area contributed by atoms with E-state index in [1.165, 1.54) is 28.2 Å². The van der Waals surface area contributed by atoms with Gasteiger partial charge in [0.15, 0.2) is 18.1 Å². The lowest BCUT2D eigenvalue weighted by Gasteiger charge is -2.27. The number of carbonyl (C=O) groups is 2. The molecule has 0 N–H and O–H groups in total. The highest BCUT2D eigenvalue weighted by molar-refractivity contribution is 6.31. The lowest BCUT2D eigenvalue weighted by molar-refractivity contribution is -0.615. The molecule has 4 aromatic heterocycles. The van der Waals surface area contributed by atoms with E-state index in [1.54, 1.807) is 54.7 Å². The maximum Gasteiger partial charge on any atom is 0.223 e. The molecule has 5 heterocycles. The van der Waals surface area contributed by atoms with Crippen LogP contribution in [0, 0.1) is 11.0 Å². The Kier molecular flexibility index (Phi) is 9.47. The number of amides is 2. The minimum Gasteiger partial charge on any atom is -0.618 e. The van der Waals surface area contributed by atoms with Crippen molar-refractivity contribution in [2.75, 3.05) is 26.7 Å². The molecule has 242 valence electrons. The standard InChI is InChI=1S/C32H32ClFN10O3/c1-40(29(45)9-10-30(46)41-15-3-2-4-16-41)20-28(42-18-24(17-37-42)22-11-13-35-14-12-22)26-7-5-23(19-44(26)47)31-27(43-21-36-38-39-43)8-6-25(33)32(31)34/h5-8,11-14,17-19,21,28H,2-4,9-10,15-16,20H2,1H3. The van der Waals surface area contributed by atoms with Gasteiger partial charge in [-0.05, 0) is 65.6 Å². The molecule has 1 aliphatic rings. The first-order chi connectivity index (χ1) is 22.8. The topological polar surface area (TPSA) is 142 Å². The molecule has 6 rings (SSSR count). The van der Waals surface area contributed by atoms with Crippen LogP contribution in [-0.4, -0.2) is 83.3 Å². The third kappa shape index (κ3) is 6.97. The molecule has 0 spiro atoms. The van der Waals surface area contributed by atoms with E-state index in [4.69, 9.17) is 11.6 Å². The van der Waals surface area contributed by atoms with Gasteiger partial charge in [-0.1, -0.05) is 11.6 Å². The summed E-state index contributed by atoms with van der Waals surface area (Å²) < 4.78 is 19.0. The second-order valence-corrected chi connectivity index (χ2v) is 11.8. The number of rotatable bonds is 10. The van der Waals surface area contributed by atoms with E-state index < -0.39 is 11.9 Å². The number of nitrogens with zero attached hydrogens (tertiary/aromatic N) is 10. The van der Waals surface area contributed by atoms with Gasteiger partial charge in [0, 0.05) is 63.2 Å². The van der Waals surface area contributed by atoms with Gasteiger partial charge in [0.2, 0.25) is 17.5 Å². The number of likely N-dealkylation sites (tertiary alicyclic amines) is 1. The molecule has 1 aromatic carbocycles. The Morgan fingerprint density at radius 2 is 1.83 bits per heavy atom. The van der Waals surface area contributed by atoms with Crippen LogP contribution in [0.15, 0.2) is 73.7 Å². The summed E-state index contributed by atoms with van der Waals surface area (Å²) in [6.07, 6.45) is 12.6. The predicted molar refractivity (Wildman–Crippen MR) is 169 cm³/mol. The zero-order chi connectivity index (χ0) is 32.9. The van der Waals surface area contributed by atoms with Crippen molar-refractivity contribution in [3.8, 4) is 27.9 Å². The van der Waals surface area contributed by atoms with Crippen LogP contribution in [0.1, 0.15) is 43.8 Å². The summed E-state index contributed by atoms with van der Waals surface area (Å²) in [4.78, 5) is 33.4. The van der Waals surface area contributed by atoms with Gasteiger partial charge in [0.1, 0.15) is 6.33 Å². The Labute approximate surface area is 274 Å². The average Bonchev–Trinajstić information content (AvgIpc) is 3.82. The van der Waals surface area contributed by atoms with Gasteiger partial charge in [0.25, 0.3) is 0 Å². The first kappa shape index (κ1) is 31.7. The van der Waals surface area contributed by atoms with Gasteiger partial charge in [-0.2, -0.15) is 14.5 Å². The molecule has 1 unspecified atom stereocenters. The van der Waals surface area contributed by atoms with Crippen molar-refractivity contribution in [2.45, 2.75) is 38.1 Å². The fourth-order valence-corrected chi connectivity index (χ4v) is 5.92. The second-order valence-electron chi connectivity index (χ2n) is 11.4. The minimum absolute atomic E-state index is 0.0284. The van der Waals surface area contributed by atoms with Crippen LogP contribution in [0.2, 0.25) is 5.02 Å². The highest BCUT2D eigenvalue weighted by atomic mass is 35.5. The number of pyridine rings is 2. The van der Waals surface area contributed by atoms with Crippen LogP contribution in [0.5, 0.6) is 0 Å². The van der Waals surface area contributed by atoms with E-state index >= 15 is 4.39 Å². The van der Waals surface area contributed by atoms with Crippen molar-refractivity contribution in [1.82, 2.24) is 44.8 Å². The molecule has 13 nitrogen and oxygen atoms in total. The molecule has 47 heavy (non-hydrogen) atoms. The summed E-state index contributed by atoms with van der Waals surface area (Å²) >= 11 is 6.13. The summed E-state index contributed by atoms with van der Waals surface area (Å²) in [5.41, 5.74) is 2.50. The van der Waals surface area contributed by atoms with Crippen molar-refractivity contribution in [3.63, 3.8) is 0 Å². The molecule has 5 aromatic rings. The number of benzene rings is 1. The van der Waals surface area contributed by atoms with E-state index in [0.717, 1.165) is 43.5 Å². The number of hydrogen-bond acceptors (Lipinski definition) is 8. The van der Waals surface area contributed by atoms with Crippen molar-refractivity contribution in [1.29, 1.82) is 0 Å². The highest BCUT2D eigenvalue weighted by Crippen LogP contribution is 2.33. The normalized spacial score (nSPS) is 13.8. The summed E-state index contributed by atoms with van der Waals surface area (Å²) in [5, 5.41) is 29.3. The quantitative estimate of drug-likeness (QED) is 0.163. The number of likely N-dealkylation sites (N-methyl/N-ethyl adjacent to an activating group) is 1. The highest BCUT2D eigenvalue weighted by Gasteiger charge is 2.29. The van der Waals surface area contributed by atoms with E-state index in [-0.39, 0.29) is 53.0 Å². The summed E-state index contributed by atoms with van der Waals surface area (Å²) in [6.45, 7) is 1.52. The van der Waals surface area contributed by atoms with Crippen molar-refractivity contribution in [2.24, 2.45) is 0 Å². The van der Waals surface area contributed by atoms with Crippen LogP contribution < -0.4 is 4.73 Å². The number of piperidine rings is 1. The largest absolute Gasteiger partial charge is 0.618 e. The lowest BCUT2D eigenvalue weighted by Crippen LogP contribution is -2.41. The summed E-state index contributed by atoms with van der Waals surface area (Å²) in [6, 6.07) is 9.08. The van der Waals surface area contributed by atoms with Gasteiger partial charge in [-0.15, -0.1) is 5.10 Å². The minimum atomic E-state index is -0.734. The molecule has 15 heteroatoms. The molecule has 2 amide bonds. The summed E-state index contributed by atoms with van der Waals surface area (Å²) in [7, 11) is 1.64. The van der Waals surface area contributed by atoms with Gasteiger partial charge in [-0.3, -0.25) is 19.3 Å². The van der Waals surface area contributed by atoms with Crippen molar-refractivity contribution >= 4 is 23.4 Å². The van der Waals surface area contributed by atoms with Gasteiger partial charge in [0.05, 0.1) is 34.6 Å². The van der Waals surface area contributed by atoms with Crippen LogP contribution >= 0.6 is 11.6 Å². The Morgan fingerprint density at radius 1 is 1.04 bits per heavy atom.